The van der Waals surface area contributed by atoms with Gasteiger partial charge in [0.1, 0.15) is 0 Å². The van der Waals surface area contributed by atoms with Crippen molar-refractivity contribution in [3.63, 3.8) is 0 Å². The Hall–Kier alpha value is -2.95. The molecule has 2 aromatic rings. The van der Waals surface area contributed by atoms with E-state index in [0.717, 1.165) is 36.6 Å². The van der Waals surface area contributed by atoms with Gasteiger partial charge in [0.15, 0.2) is 11.5 Å². The van der Waals surface area contributed by atoms with Crippen LogP contribution in [-0.4, -0.2) is 44.2 Å². The van der Waals surface area contributed by atoms with Crippen LogP contribution in [0.15, 0.2) is 48.5 Å². The summed E-state index contributed by atoms with van der Waals surface area (Å²) in [5.41, 5.74) is 3.37. The average Bonchev–Trinajstić information content (AvgIpc) is 3.03. The standard InChI is InChI=1S/C25H30N2O3/c1-26(19-21-8-3-4-9-22(21)27-14-5-2-6-15-27)25(28)13-11-20-10-12-23-24(18-20)30-17-7-16-29-23/h3-4,8-13,18H,2,5-7,14-17,19H2,1H3/b13-11+. The minimum absolute atomic E-state index is 0.0180. The van der Waals surface area contributed by atoms with Gasteiger partial charge in [-0.25, -0.2) is 0 Å². The Morgan fingerprint density at radius 1 is 1.00 bits per heavy atom. The Balaban J connectivity index is 1.41. The Morgan fingerprint density at radius 2 is 1.77 bits per heavy atom. The second-order valence-electron chi connectivity index (χ2n) is 7.96. The SMILES string of the molecule is CN(Cc1ccccc1N1CCCCC1)C(=O)/C=C/c1ccc2c(c1)OCCCO2. The van der Waals surface area contributed by atoms with Gasteiger partial charge < -0.3 is 19.3 Å². The number of anilines is 1. The third kappa shape index (κ3) is 4.96. The molecule has 2 aromatic carbocycles. The third-order valence-corrected chi connectivity index (χ3v) is 5.66. The van der Waals surface area contributed by atoms with Crippen molar-refractivity contribution in [3.8, 4) is 11.5 Å². The number of para-hydroxylation sites is 1. The molecule has 0 atom stereocenters. The van der Waals surface area contributed by atoms with E-state index in [2.05, 4.69) is 29.2 Å². The average molecular weight is 407 g/mol. The lowest BCUT2D eigenvalue weighted by molar-refractivity contribution is -0.125. The summed E-state index contributed by atoms with van der Waals surface area (Å²) in [6, 6.07) is 14.2. The predicted octanol–water partition coefficient (Wildman–Crippen LogP) is 4.51. The second-order valence-corrected chi connectivity index (χ2v) is 7.96. The molecule has 0 aliphatic carbocycles. The quantitative estimate of drug-likeness (QED) is 0.685. The molecule has 2 aliphatic heterocycles. The molecule has 2 heterocycles. The van der Waals surface area contributed by atoms with E-state index in [-0.39, 0.29) is 5.91 Å². The van der Waals surface area contributed by atoms with Gasteiger partial charge in [-0.15, -0.1) is 0 Å². The fraction of sp³-hybridized carbons (Fsp3) is 0.400. The number of rotatable bonds is 5. The van der Waals surface area contributed by atoms with Crippen LogP contribution >= 0.6 is 0 Å². The molecule has 30 heavy (non-hydrogen) atoms. The van der Waals surface area contributed by atoms with E-state index >= 15 is 0 Å². The van der Waals surface area contributed by atoms with Crippen LogP contribution in [-0.2, 0) is 11.3 Å². The first-order valence-electron chi connectivity index (χ1n) is 10.9. The molecule has 0 N–H and O–H groups in total. The van der Waals surface area contributed by atoms with E-state index < -0.39 is 0 Å². The molecule has 0 radical (unpaired) electrons. The fourth-order valence-electron chi connectivity index (χ4n) is 4.00. The van der Waals surface area contributed by atoms with E-state index in [4.69, 9.17) is 9.47 Å². The molecule has 5 nitrogen and oxygen atoms in total. The number of benzene rings is 2. The number of carbonyl (C=O) groups excluding carboxylic acids is 1. The Bertz CT molecular complexity index is 903. The number of ether oxygens (including phenoxy) is 2. The summed E-state index contributed by atoms with van der Waals surface area (Å²) < 4.78 is 11.4. The highest BCUT2D eigenvalue weighted by Crippen LogP contribution is 2.31. The van der Waals surface area contributed by atoms with Crippen molar-refractivity contribution in [2.45, 2.75) is 32.2 Å². The summed E-state index contributed by atoms with van der Waals surface area (Å²) in [7, 11) is 1.85. The minimum Gasteiger partial charge on any atom is -0.490 e. The molecule has 158 valence electrons. The summed E-state index contributed by atoms with van der Waals surface area (Å²) >= 11 is 0. The van der Waals surface area contributed by atoms with Crippen molar-refractivity contribution in [2.75, 3.05) is 38.3 Å². The number of likely N-dealkylation sites (N-methyl/N-ethyl adjacent to an activating group) is 1. The molecule has 1 saturated heterocycles. The van der Waals surface area contributed by atoms with Gasteiger partial charge in [-0.05, 0) is 54.7 Å². The molecule has 1 amide bonds. The number of hydrogen-bond acceptors (Lipinski definition) is 4. The lowest BCUT2D eigenvalue weighted by Crippen LogP contribution is -2.31. The lowest BCUT2D eigenvalue weighted by Gasteiger charge is -2.31. The van der Waals surface area contributed by atoms with Crippen molar-refractivity contribution in [2.24, 2.45) is 0 Å². The van der Waals surface area contributed by atoms with Crippen LogP contribution in [0.1, 0.15) is 36.8 Å². The van der Waals surface area contributed by atoms with E-state index in [1.807, 2.05) is 31.3 Å². The summed E-state index contributed by atoms with van der Waals surface area (Å²) in [5.74, 6) is 1.49. The molecule has 4 rings (SSSR count). The smallest absolute Gasteiger partial charge is 0.246 e. The van der Waals surface area contributed by atoms with Crippen molar-refractivity contribution < 1.29 is 14.3 Å². The summed E-state index contributed by atoms with van der Waals surface area (Å²) in [4.78, 5) is 16.9. The van der Waals surface area contributed by atoms with Crippen LogP contribution in [0.25, 0.3) is 6.08 Å². The normalized spacial score (nSPS) is 16.4. The molecular formula is C25H30N2O3. The van der Waals surface area contributed by atoms with Gasteiger partial charge in [-0.3, -0.25) is 4.79 Å². The van der Waals surface area contributed by atoms with E-state index in [9.17, 15) is 4.79 Å². The van der Waals surface area contributed by atoms with Gasteiger partial charge in [-0.2, -0.15) is 0 Å². The Kier molecular flexibility index (Phi) is 6.57. The number of carbonyl (C=O) groups is 1. The molecule has 0 bridgehead atoms. The van der Waals surface area contributed by atoms with Crippen LogP contribution in [0, 0.1) is 0 Å². The number of piperidine rings is 1. The predicted molar refractivity (Wildman–Crippen MR) is 120 cm³/mol. The van der Waals surface area contributed by atoms with E-state index in [1.165, 1.54) is 30.5 Å². The molecule has 0 saturated carbocycles. The monoisotopic (exact) mass is 406 g/mol. The largest absolute Gasteiger partial charge is 0.490 e. The van der Waals surface area contributed by atoms with Crippen LogP contribution in [0.3, 0.4) is 0 Å². The van der Waals surface area contributed by atoms with E-state index in [1.54, 1.807) is 11.0 Å². The topological polar surface area (TPSA) is 42.0 Å². The zero-order valence-corrected chi connectivity index (χ0v) is 17.7. The molecule has 2 aliphatic rings. The van der Waals surface area contributed by atoms with Gasteiger partial charge in [0, 0.05) is 44.9 Å². The van der Waals surface area contributed by atoms with Crippen LogP contribution in [0.4, 0.5) is 5.69 Å². The maximum atomic E-state index is 12.7. The second kappa shape index (κ2) is 9.70. The van der Waals surface area contributed by atoms with Gasteiger partial charge in [0.2, 0.25) is 5.91 Å². The molecule has 1 fully saturated rings. The number of hydrogen-bond donors (Lipinski definition) is 0. The first kappa shape index (κ1) is 20.3. The van der Waals surface area contributed by atoms with Gasteiger partial charge in [0.25, 0.3) is 0 Å². The summed E-state index contributed by atoms with van der Waals surface area (Å²) in [5, 5.41) is 0. The highest BCUT2D eigenvalue weighted by molar-refractivity contribution is 5.91. The zero-order chi connectivity index (χ0) is 20.8. The third-order valence-electron chi connectivity index (χ3n) is 5.66. The van der Waals surface area contributed by atoms with Gasteiger partial charge in [-0.1, -0.05) is 24.3 Å². The summed E-state index contributed by atoms with van der Waals surface area (Å²) in [6.07, 6.45) is 8.12. The number of nitrogens with zero attached hydrogens (tertiary/aromatic N) is 2. The van der Waals surface area contributed by atoms with Gasteiger partial charge >= 0.3 is 0 Å². The van der Waals surface area contributed by atoms with Crippen LogP contribution in [0.5, 0.6) is 11.5 Å². The number of fused-ring (bicyclic) bond motifs is 1. The van der Waals surface area contributed by atoms with Crippen molar-refractivity contribution in [3.05, 3.63) is 59.7 Å². The summed E-state index contributed by atoms with van der Waals surface area (Å²) in [6.45, 7) is 4.11. The van der Waals surface area contributed by atoms with E-state index in [0.29, 0.717) is 19.8 Å². The first-order chi connectivity index (χ1) is 14.7. The molecular weight excluding hydrogens is 376 g/mol. The molecule has 0 aromatic heterocycles. The first-order valence-corrected chi connectivity index (χ1v) is 10.9. The molecule has 0 unspecified atom stereocenters. The Morgan fingerprint density at radius 3 is 2.60 bits per heavy atom. The van der Waals surface area contributed by atoms with Crippen molar-refractivity contribution >= 4 is 17.7 Å². The van der Waals surface area contributed by atoms with Gasteiger partial charge in [0.05, 0.1) is 13.2 Å². The van der Waals surface area contributed by atoms with Crippen LogP contribution in [0.2, 0.25) is 0 Å². The fourth-order valence-corrected chi connectivity index (χ4v) is 4.00. The minimum atomic E-state index is -0.0180. The maximum Gasteiger partial charge on any atom is 0.246 e. The molecule has 5 heteroatoms. The van der Waals surface area contributed by atoms with Crippen LogP contribution < -0.4 is 14.4 Å². The highest BCUT2D eigenvalue weighted by atomic mass is 16.5. The van der Waals surface area contributed by atoms with Crippen molar-refractivity contribution in [1.29, 1.82) is 0 Å². The Labute approximate surface area is 178 Å². The van der Waals surface area contributed by atoms with Crippen molar-refractivity contribution in [1.82, 2.24) is 4.90 Å². The lowest BCUT2D eigenvalue weighted by atomic mass is 10.1. The highest BCUT2D eigenvalue weighted by Gasteiger charge is 2.16. The maximum absolute atomic E-state index is 12.7. The zero-order valence-electron chi connectivity index (χ0n) is 17.7. The molecule has 0 spiro atoms. The number of amides is 1.